The molecule has 0 aliphatic heterocycles. The van der Waals surface area contributed by atoms with E-state index in [4.69, 9.17) is 11.6 Å². The van der Waals surface area contributed by atoms with Crippen molar-refractivity contribution in [1.29, 1.82) is 0 Å². The Bertz CT molecular complexity index is 870. The number of rotatable bonds is 6. The molecule has 136 valence electrons. The normalized spacial score (nSPS) is 11.3. The third-order valence-corrected chi connectivity index (χ3v) is 5.62. The fourth-order valence-corrected chi connectivity index (χ4v) is 4.06. The summed E-state index contributed by atoms with van der Waals surface area (Å²) >= 11 is 7.56. The van der Waals surface area contributed by atoms with Gasteiger partial charge in [-0.1, -0.05) is 67.5 Å². The zero-order valence-corrected chi connectivity index (χ0v) is 16.6. The molecule has 0 aliphatic carbocycles. The Hall–Kier alpha value is -1.85. The molecule has 0 spiro atoms. The van der Waals surface area contributed by atoms with Crippen LogP contribution in [0.25, 0.3) is 11.4 Å². The summed E-state index contributed by atoms with van der Waals surface area (Å²) in [6.45, 7) is 7.13. The second-order valence-electron chi connectivity index (χ2n) is 6.32. The highest BCUT2D eigenvalue weighted by Crippen LogP contribution is 2.30. The zero-order valence-electron chi connectivity index (χ0n) is 15.0. The fraction of sp³-hybridized carbons (Fsp3) is 0.300. The first-order valence-corrected chi connectivity index (χ1v) is 9.96. The molecule has 3 rings (SSSR count). The van der Waals surface area contributed by atoms with Gasteiger partial charge in [0.05, 0.1) is 0 Å². The van der Waals surface area contributed by atoms with Gasteiger partial charge in [0, 0.05) is 28.4 Å². The lowest BCUT2D eigenvalue weighted by Crippen LogP contribution is -2.00. The van der Waals surface area contributed by atoms with Gasteiger partial charge in [-0.3, -0.25) is 0 Å². The first-order chi connectivity index (χ1) is 12.5. The highest BCUT2D eigenvalue weighted by Gasteiger charge is 2.15. The van der Waals surface area contributed by atoms with Crippen molar-refractivity contribution in [2.45, 2.75) is 44.1 Å². The van der Waals surface area contributed by atoms with E-state index in [1.165, 1.54) is 23.4 Å². The molecule has 3 nitrogen and oxygen atoms in total. The van der Waals surface area contributed by atoms with Crippen molar-refractivity contribution in [1.82, 2.24) is 14.8 Å². The molecule has 0 saturated heterocycles. The van der Waals surface area contributed by atoms with E-state index in [9.17, 15) is 4.39 Å². The number of hydrogen-bond acceptors (Lipinski definition) is 3. The Kier molecular flexibility index (Phi) is 5.99. The molecule has 6 heteroatoms. The van der Waals surface area contributed by atoms with Gasteiger partial charge in [0.15, 0.2) is 11.0 Å². The molecule has 0 fully saturated rings. The Morgan fingerprint density at radius 3 is 2.46 bits per heavy atom. The van der Waals surface area contributed by atoms with Crippen molar-refractivity contribution in [3.63, 3.8) is 0 Å². The van der Waals surface area contributed by atoms with Crippen LogP contribution < -0.4 is 0 Å². The van der Waals surface area contributed by atoms with Crippen molar-refractivity contribution < 1.29 is 4.39 Å². The van der Waals surface area contributed by atoms with Crippen LogP contribution in [0.5, 0.6) is 0 Å². The van der Waals surface area contributed by atoms with Crippen molar-refractivity contribution >= 4 is 23.4 Å². The number of thioether (sulfide) groups is 1. The summed E-state index contributed by atoms with van der Waals surface area (Å²) in [6, 6.07) is 13.1. The van der Waals surface area contributed by atoms with E-state index in [0.717, 1.165) is 23.1 Å². The largest absolute Gasteiger partial charge is 0.302 e. The topological polar surface area (TPSA) is 30.7 Å². The van der Waals surface area contributed by atoms with Crippen LogP contribution >= 0.6 is 23.4 Å². The van der Waals surface area contributed by atoms with Crippen LogP contribution in [0, 0.1) is 5.82 Å². The molecule has 1 aromatic heterocycles. The van der Waals surface area contributed by atoms with Crippen LogP contribution in [-0.2, 0) is 12.3 Å². The van der Waals surface area contributed by atoms with Crippen molar-refractivity contribution in [2.24, 2.45) is 0 Å². The monoisotopic (exact) mass is 389 g/mol. The molecule has 1 heterocycles. The first kappa shape index (κ1) is 18.9. The third kappa shape index (κ3) is 3.94. The number of nitrogens with zero attached hydrogens (tertiary/aromatic N) is 3. The third-order valence-electron chi connectivity index (χ3n) is 4.28. The molecular weight excluding hydrogens is 369 g/mol. The second kappa shape index (κ2) is 8.23. The zero-order chi connectivity index (χ0) is 18.7. The van der Waals surface area contributed by atoms with Gasteiger partial charge in [-0.15, -0.1) is 10.2 Å². The van der Waals surface area contributed by atoms with E-state index >= 15 is 0 Å². The lowest BCUT2D eigenvalue weighted by atomic mass is 10.0. The summed E-state index contributed by atoms with van der Waals surface area (Å²) in [5.41, 5.74) is 2.81. The van der Waals surface area contributed by atoms with Gasteiger partial charge < -0.3 is 4.57 Å². The van der Waals surface area contributed by atoms with E-state index in [2.05, 4.69) is 55.2 Å². The number of hydrogen-bond donors (Lipinski definition) is 0. The Balaban J connectivity index is 1.84. The molecule has 0 amide bonds. The van der Waals surface area contributed by atoms with Crippen LogP contribution in [0.1, 0.15) is 37.8 Å². The molecule has 0 saturated carbocycles. The molecular formula is C20H21ClFN3S. The highest BCUT2D eigenvalue weighted by atomic mass is 35.5. The number of halogens is 2. The maximum atomic E-state index is 14.0. The minimum Gasteiger partial charge on any atom is -0.302 e. The van der Waals surface area contributed by atoms with Crippen LogP contribution in [0.15, 0.2) is 47.6 Å². The summed E-state index contributed by atoms with van der Waals surface area (Å²) in [6.07, 6.45) is 0. The predicted molar refractivity (Wildman–Crippen MR) is 106 cm³/mol. The summed E-state index contributed by atoms with van der Waals surface area (Å²) in [4.78, 5) is 0. The summed E-state index contributed by atoms with van der Waals surface area (Å²) in [5.74, 6) is 1.43. The molecule has 0 unspecified atom stereocenters. The average molecular weight is 390 g/mol. The summed E-state index contributed by atoms with van der Waals surface area (Å²) < 4.78 is 16.0. The minimum atomic E-state index is -0.294. The molecule has 3 aromatic rings. The maximum absolute atomic E-state index is 14.0. The molecule has 0 bridgehead atoms. The summed E-state index contributed by atoms with van der Waals surface area (Å²) in [5, 5.41) is 9.85. The number of benzene rings is 2. The van der Waals surface area contributed by atoms with Gasteiger partial charge >= 0.3 is 0 Å². The molecule has 0 atom stereocenters. The van der Waals surface area contributed by atoms with Crippen molar-refractivity contribution in [2.75, 3.05) is 0 Å². The van der Waals surface area contributed by atoms with Crippen LogP contribution in [-0.4, -0.2) is 14.8 Å². The van der Waals surface area contributed by atoms with Crippen LogP contribution in [0.4, 0.5) is 4.39 Å². The molecule has 26 heavy (non-hydrogen) atoms. The molecule has 0 N–H and O–H groups in total. The van der Waals surface area contributed by atoms with E-state index < -0.39 is 0 Å². The van der Waals surface area contributed by atoms with E-state index in [-0.39, 0.29) is 5.82 Å². The van der Waals surface area contributed by atoms with Crippen molar-refractivity contribution in [3.8, 4) is 11.4 Å². The minimum absolute atomic E-state index is 0.294. The van der Waals surface area contributed by atoms with Gasteiger partial charge in [0.2, 0.25) is 0 Å². The average Bonchev–Trinajstić information content (AvgIpc) is 3.04. The van der Waals surface area contributed by atoms with E-state index in [1.54, 1.807) is 12.1 Å². The van der Waals surface area contributed by atoms with Crippen molar-refractivity contribution in [3.05, 3.63) is 64.4 Å². The molecule has 0 radical (unpaired) electrons. The standard InChI is InChI=1S/C20H21ClFN3S/c1-4-25-19(15-10-8-14(9-11-15)13(2)3)23-24-20(25)26-12-16-17(21)6-5-7-18(16)22/h5-11,13H,4,12H2,1-3H3. The SMILES string of the molecule is CCn1c(SCc2c(F)cccc2Cl)nnc1-c1ccc(C(C)C)cc1. The van der Waals surface area contributed by atoms with Gasteiger partial charge in [0.1, 0.15) is 5.82 Å². The Morgan fingerprint density at radius 2 is 1.85 bits per heavy atom. The lowest BCUT2D eigenvalue weighted by Gasteiger charge is -2.10. The highest BCUT2D eigenvalue weighted by molar-refractivity contribution is 7.98. The van der Waals surface area contributed by atoms with Crippen LogP contribution in [0.3, 0.4) is 0 Å². The maximum Gasteiger partial charge on any atom is 0.191 e. The predicted octanol–water partition coefficient (Wildman–Crippen LogP) is 6.17. The first-order valence-electron chi connectivity index (χ1n) is 8.60. The lowest BCUT2D eigenvalue weighted by molar-refractivity contribution is 0.617. The summed E-state index contributed by atoms with van der Waals surface area (Å²) in [7, 11) is 0. The molecule has 0 aliphatic rings. The number of aromatic nitrogens is 3. The second-order valence-corrected chi connectivity index (χ2v) is 7.67. The van der Waals surface area contributed by atoms with Gasteiger partial charge in [0.25, 0.3) is 0 Å². The van der Waals surface area contributed by atoms with Crippen LogP contribution in [0.2, 0.25) is 5.02 Å². The van der Waals surface area contributed by atoms with Gasteiger partial charge in [-0.05, 0) is 30.5 Å². The molecule has 2 aromatic carbocycles. The van der Waals surface area contributed by atoms with E-state index in [0.29, 0.717) is 22.3 Å². The fourth-order valence-electron chi connectivity index (χ4n) is 2.72. The smallest absolute Gasteiger partial charge is 0.191 e. The Morgan fingerprint density at radius 1 is 1.12 bits per heavy atom. The van der Waals surface area contributed by atoms with Gasteiger partial charge in [-0.25, -0.2) is 4.39 Å². The van der Waals surface area contributed by atoms with E-state index in [1.807, 2.05) is 4.57 Å². The Labute approximate surface area is 162 Å². The van der Waals surface area contributed by atoms with Gasteiger partial charge in [-0.2, -0.15) is 0 Å². The quantitative estimate of drug-likeness (QED) is 0.472.